The second-order valence-electron chi connectivity index (χ2n) is 4.85. The number of aliphatic hydroxyl groups excluding tert-OH is 1. The van der Waals surface area contributed by atoms with E-state index in [-0.39, 0.29) is 18.7 Å². The summed E-state index contributed by atoms with van der Waals surface area (Å²) < 4.78 is 38.8. The molecule has 0 aliphatic carbocycles. The maximum Gasteiger partial charge on any atom is 0.423 e. The van der Waals surface area contributed by atoms with Crippen molar-refractivity contribution >= 4 is 17.3 Å². The number of carboxylic acids is 1. The summed E-state index contributed by atoms with van der Waals surface area (Å²) in [5.41, 5.74) is -2.70. The first-order valence-electron chi connectivity index (χ1n) is 6.14. The highest BCUT2D eigenvalue weighted by molar-refractivity contribution is 5.79. The maximum absolute atomic E-state index is 12.9. The molecule has 1 aromatic rings. The normalized spacial score (nSPS) is 21.9. The van der Waals surface area contributed by atoms with Gasteiger partial charge in [0, 0.05) is 24.7 Å². The Labute approximate surface area is 121 Å². The van der Waals surface area contributed by atoms with Crippen LogP contribution in [0, 0.1) is 10.1 Å². The van der Waals surface area contributed by atoms with Crippen molar-refractivity contribution in [3.63, 3.8) is 0 Å². The molecule has 0 bridgehead atoms. The number of carbonyl (C=O) groups is 1. The predicted molar refractivity (Wildman–Crippen MR) is 67.5 cm³/mol. The van der Waals surface area contributed by atoms with Gasteiger partial charge in [-0.3, -0.25) is 10.1 Å². The summed E-state index contributed by atoms with van der Waals surface area (Å²) in [6, 6.07) is 1.08. The molecule has 0 amide bonds. The van der Waals surface area contributed by atoms with Gasteiger partial charge in [0.15, 0.2) is 0 Å². The number of anilines is 1. The molecule has 1 aromatic carbocycles. The van der Waals surface area contributed by atoms with Gasteiger partial charge in [0.05, 0.1) is 11.0 Å². The van der Waals surface area contributed by atoms with Gasteiger partial charge in [-0.15, -0.1) is 0 Å². The fourth-order valence-electron chi connectivity index (χ4n) is 2.42. The number of aliphatic hydroxyl groups is 1. The van der Waals surface area contributed by atoms with Crippen LogP contribution in [0.15, 0.2) is 18.2 Å². The molecule has 1 aliphatic rings. The molecule has 1 fully saturated rings. The molecule has 0 radical (unpaired) electrons. The van der Waals surface area contributed by atoms with Crippen molar-refractivity contribution in [2.24, 2.45) is 0 Å². The third kappa shape index (κ3) is 2.96. The summed E-state index contributed by atoms with van der Waals surface area (Å²) in [5.74, 6) is -1.29. The van der Waals surface area contributed by atoms with E-state index in [2.05, 4.69) is 0 Å². The summed E-state index contributed by atoms with van der Waals surface area (Å²) in [6.07, 6.45) is -6.08. The van der Waals surface area contributed by atoms with Crippen LogP contribution in [0.1, 0.15) is 12.0 Å². The third-order valence-corrected chi connectivity index (χ3v) is 3.38. The Morgan fingerprint density at radius 1 is 1.41 bits per heavy atom. The largest absolute Gasteiger partial charge is 0.480 e. The molecule has 2 rings (SSSR count). The number of nitro benzene ring substituents is 1. The third-order valence-electron chi connectivity index (χ3n) is 3.38. The molecule has 7 nitrogen and oxygen atoms in total. The number of benzene rings is 1. The van der Waals surface area contributed by atoms with E-state index in [1.165, 1.54) is 0 Å². The SMILES string of the molecule is O=C(O)[C@H]1C[C@@H](O)CN1c1ccc([N+](=O)[O-])c(C(F)(F)F)c1. The Hall–Kier alpha value is -2.36. The fourth-order valence-corrected chi connectivity index (χ4v) is 2.42. The van der Waals surface area contributed by atoms with Gasteiger partial charge in [0.25, 0.3) is 5.69 Å². The van der Waals surface area contributed by atoms with Crippen LogP contribution in [0.5, 0.6) is 0 Å². The number of hydrogen-bond donors (Lipinski definition) is 2. The summed E-state index contributed by atoms with van der Waals surface area (Å²) in [5, 5.41) is 29.3. The summed E-state index contributed by atoms with van der Waals surface area (Å²) in [7, 11) is 0. The van der Waals surface area contributed by atoms with E-state index >= 15 is 0 Å². The Kier molecular flexibility index (Phi) is 3.96. The van der Waals surface area contributed by atoms with Gasteiger partial charge >= 0.3 is 12.1 Å². The van der Waals surface area contributed by atoms with Crippen LogP contribution in [0.3, 0.4) is 0 Å². The lowest BCUT2D eigenvalue weighted by Crippen LogP contribution is -2.36. The van der Waals surface area contributed by atoms with Gasteiger partial charge in [-0.2, -0.15) is 13.2 Å². The number of carboxylic acid groups (broad SMARTS) is 1. The van der Waals surface area contributed by atoms with Crippen molar-refractivity contribution in [3.05, 3.63) is 33.9 Å². The van der Waals surface area contributed by atoms with Crippen molar-refractivity contribution in [1.29, 1.82) is 0 Å². The number of β-amino-alcohol motifs (C(OH)–C–C–N with tert-alkyl or cyclic N) is 1. The summed E-state index contributed by atoms with van der Waals surface area (Å²) >= 11 is 0. The van der Waals surface area contributed by atoms with Gasteiger partial charge in [0.1, 0.15) is 11.6 Å². The van der Waals surface area contributed by atoms with Gasteiger partial charge in [-0.25, -0.2) is 4.79 Å². The Bertz CT molecular complexity index is 619. The highest BCUT2D eigenvalue weighted by Gasteiger charge is 2.41. The zero-order valence-electron chi connectivity index (χ0n) is 10.9. The van der Waals surface area contributed by atoms with Crippen LogP contribution in [-0.4, -0.2) is 39.8 Å². The van der Waals surface area contributed by atoms with Crippen molar-refractivity contribution in [3.8, 4) is 0 Å². The quantitative estimate of drug-likeness (QED) is 0.648. The first-order valence-corrected chi connectivity index (χ1v) is 6.14. The van der Waals surface area contributed by atoms with Crippen molar-refractivity contribution in [1.82, 2.24) is 0 Å². The van der Waals surface area contributed by atoms with Crippen LogP contribution in [0.2, 0.25) is 0 Å². The van der Waals surface area contributed by atoms with E-state index in [4.69, 9.17) is 5.11 Å². The molecule has 10 heteroatoms. The van der Waals surface area contributed by atoms with Gasteiger partial charge in [-0.05, 0) is 12.1 Å². The second-order valence-corrected chi connectivity index (χ2v) is 4.85. The van der Waals surface area contributed by atoms with Crippen LogP contribution in [0.4, 0.5) is 24.5 Å². The van der Waals surface area contributed by atoms with E-state index < -0.39 is 40.5 Å². The van der Waals surface area contributed by atoms with Crippen molar-refractivity contribution in [2.45, 2.75) is 24.7 Å². The second kappa shape index (κ2) is 5.44. The number of rotatable bonds is 3. The molecule has 0 saturated carbocycles. The van der Waals surface area contributed by atoms with E-state index in [0.717, 1.165) is 11.0 Å². The molecule has 2 atom stereocenters. The molecule has 22 heavy (non-hydrogen) atoms. The average molecular weight is 320 g/mol. The van der Waals surface area contributed by atoms with Gasteiger partial charge < -0.3 is 15.1 Å². The minimum Gasteiger partial charge on any atom is -0.480 e. The Morgan fingerprint density at radius 3 is 2.55 bits per heavy atom. The van der Waals surface area contributed by atoms with E-state index in [1.54, 1.807) is 0 Å². The first-order chi connectivity index (χ1) is 10.1. The number of alkyl halides is 3. The standard InChI is InChI=1S/C12H11F3N2O5/c13-12(14,15)8-3-6(1-2-9(8)17(21)22)16-5-7(18)4-10(16)11(19)20/h1-3,7,10,18H,4-5H2,(H,19,20)/t7-,10-/m1/s1. The number of aliphatic carboxylic acids is 1. The van der Waals surface area contributed by atoms with Crippen LogP contribution in [-0.2, 0) is 11.0 Å². The number of nitrogens with zero attached hydrogens (tertiary/aromatic N) is 2. The highest BCUT2D eigenvalue weighted by atomic mass is 19.4. The average Bonchev–Trinajstić information content (AvgIpc) is 2.79. The minimum atomic E-state index is -4.95. The Morgan fingerprint density at radius 2 is 2.05 bits per heavy atom. The smallest absolute Gasteiger partial charge is 0.423 e. The molecule has 1 aliphatic heterocycles. The molecular weight excluding hydrogens is 309 g/mol. The molecule has 2 N–H and O–H groups in total. The minimum absolute atomic E-state index is 0.131. The van der Waals surface area contributed by atoms with Crippen LogP contribution < -0.4 is 4.90 Å². The van der Waals surface area contributed by atoms with Gasteiger partial charge in [0.2, 0.25) is 0 Å². The predicted octanol–water partition coefficient (Wildman–Crippen LogP) is 1.64. The molecule has 120 valence electrons. The molecular formula is C12H11F3N2O5. The molecule has 0 unspecified atom stereocenters. The number of halogens is 3. The van der Waals surface area contributed by atoms with Gasteiger partial charge in [-0.1, -0.05) is 0 Å². The van der Waals surface area contributed by atoms with E-state index in [1.807, 2.05) is 0 Å². The summed E-state index contributed by atoms with van der Waals surface area (Å²) in [4.78, 5) is 21.7. The summed E-state index contributed by atoms with van der Waals surface area (Å²) in [6.45, 7) is -0.161. The first kappa shape index (κ1) is 16.0. The number of nitro groups is 1. The molecule has 0 aromatic heterocycles. The lowest BCUT2D eigenvalue weighted by atomic mass is 10.1. The zero-order chi connectivity index (χ0) is 16.7. The monoisotopic (exact) mass is 320 g/mol. The molecule has 1 saturated heterocycles. The van der Waals surface area contributed by atoms with Crippen LogP contribution in [0.25, 0.3) is 0 Å². The number of hydrogen-bond acceptors (Lipinski definition) is 5. The Balaban J connectivity index is 2.49. The van der Waals surface area contributed by atoms with Crippen molar-refractivity contribution < 1.29 is 33.1 Å². The lowest BCUT2D eigenvalue weighted by molar-refractivity contribution is -0.388. The zero-order valence-corrected chi connectivity index (χ0v) is 10.9. The molecule has 1 heterocycles. The lowest BCUT2D eigenvalue weighted by Gasteiger charge is -2.24. The van der Waals surface area contributed by atoms with E-state index in [9.17, 15) is 33.2 Å². The van der Waals surface area contributed by atoms with Crippen LogP contribution >= 0.6 is 0 Å². The van der Waals surface area contributed by atoms with Crippen molar-refractivity contribution in [2.75, 3.05) is 11.4 Å². The molecule has 0 spiro atoms. The van der Waals surface area contributed by atoms with E-state index in [0.29, 0.717) is 12.1 Å². The topological polar surface area (TPSA) is 104 Å². The maximum atomic E-state index is 12.9. The fraction of sp³-hybridized carbons (Fsp3) is 0.417. The highest BCUT2D eigenvalue weighted by Crippen LogP contribution is 2.39.